The smallest absolute Gasteiger partial charge is 0.223 e. The zero-order chi connectivity index (χ0) is 11.7. The van der Waals surface area contributed by atoms with Crippen molar-refractivity contribution >= 4 is 5.91 Å². The lowest BCUT2D eigenvalue weighted by Gasteiger charge is -2.24. The summed E-state index contributed by atoms with van der Waals surface area (Å²) in [5.74, 6) is 2.61. The topological polar surface area (TPSA) is 29.1 Å². The van der Waals surface area contributed by atoms with Crippen LogP contribution in [0.25, 0.3) is 0 Å². The molecule has 0 heterocycles. The number of nitrogens with one attached hydrogen (secondary N) is 1. The van der Waals surface area contributed by atoms with Crippen molar-refractivity contribution in [2.24, 2.45) is 23.7 Å². The molecule has 3 atom stereocenters. The molecule has 2 fully saturated rings. The molecule has 3 unspecified atom stereocenters. The molecule has 1 amide bonds. The van der Waals surface area contributed by atoms with Gasteiger partial charge in [-0.1, -0.05) is 31.4 Å². The second-order valence-corrected chi connectivity index (χ2v) is 6.14. The van der Waals surface area contributed by atoms with Crippen molar-refractivity contribution in [3.8, 4) is 0 Å². The third-order valence-corrected chi connectivity index (χ3v) is 4.91. The maximum atomic E-state index is 12.1. The molecule has 3 aliphatic carbocycles. The molecule has 94 valence electrons. The molecule has 1 N–H and O–H groups in total. The Morgan fingerprint density at radius 3 is 2.59 bits per heavy atom. The SMILES string of the molecule is O=C(NCC1CCCCC1)C1CC2C=CC1C2. The molecular weight excluding hydrogens is 210 g/mol. The van der Waals surface area contributed by atoms with E-state index in [-0.39, 0.29) is 5.92 Å². The fourth-order valence-electron chi connectivity index (χ4n) is 3.85. The second kappa shape index (κ2) is 4.83. The Morgan fingerprint density at radius 1 is 1.12 bits per heavy atom. The van der Waals surface area contributed by atoms with Gasteiger partial charge in [0.2, 0.25) is 5.91 Å². The van der Waals surface area contributed by atoms with Gasteiger partial charge in [-0.15, -0.1) is 0 Å². The average Bonchev–Trinajstić information content (AvgIpc) is 2.99. The van der Waals surface area contributed by atoms with Crippen LogP contribution in [0.3, 0.4) is 0 Å². The molecule has 0 aromatic heterocycles. The molecule has 0 saturated heterocycles. The lowest BCUT2D eigenvalue weighted by atomic mass is 9.88. The zero-order valence-electron chi connectivity index (χ0n) is 10.5. The van der Waals surface area contributed by atoms with E-state index in [1.807, 2.05) is 0 Å². The first kappa shape index (κ1) is 11.3. The van der Waals surface area contributed by atoms with Crippen molar-refractivity contribution in [2.75, 3.05) is 6.54 Å². The zero-order valence-corrected chi connectivity index (χ0v) is 10.5. The van der Waals surface area contributed by atoms with Crippen molar-refractivity contribution in [2.45, 2.75) is 44.9 Å². The summed E-state index contributed by atoms with van der Waals surface area (Å²) < 4.78 is 0. The fraction of sp³-hybridized carbons (Fsp3) is 0.800. The van der Waals surface area contributed by atoms with Crippen LogP contribution in [0.15, 0.2) is 12.2 Å². The van der Waals surface area contributed by atoms with E-state index < -0.39 is 0 Å². The maximum absolute atomic E-state index is 12.1. The maximum Gasteiger partial charge on any atom is 0.223 e. The summed E-state index contributed by atoms with van der Waals surface area (Å²) in [7, 11) is 0. The molecule has 0 radical (unpaired) electrons. The Bertz CT molecular complexity index is 317. The molecular formula is C15H23NO. The summed E-state index contributed by atoms with van der Waals surface area (Å²) in [5.41, 5.74) is 0. The Morgan fingerprint density at radius 2 is 1.94 bits per heavy atom. The van der Waals surface area contributed by atoms with E-state index in [0.717, 1.165) is 18.9 Å². The molecule has 2 saturated carbocycles. The van der Waals surface area contributed by atoms with Crippen molar-refractivity contribution in [1.29, 1.82) is 0 Å². The third kappa shape index (κ3) is 2.41. The number of carbonyl (C=O) groups is 1. The number of fused-ring (bicyclic) bond motifs is 2. The summed E-state index contributed by atoms with van der Waals surface area (Å²) in [6.07, 6.45) is 13.6. The lowest BCUT2D eigenvalue weighted by molar-refractivity contribution is -0.125. The lowest BCUT2D eigenvalue weighted by Crippen LogP contribution is -2.36. The minimum Gasteiger partial charge on any atom is -0.356 e. The molecule has 2 bridgehead atoms. The van der Waals surface area contributed by atoms with Crippen LogP contribution in [0.2, 0.25) is 0 Å². The highest BCUT2D eigenvalue weighted by molar-refractivity contribution is 5.79. The van der Waals surface area contributed by atoms with Crippen molar-refractivity contribution < 1.29 is 4.79 Å². The predicted octanol–water partition coefficient (Wildman–Crippen LogP) is 2.90. The van der Waals surface area contributed by atoms with Gasteiger partial charge in [-0.25, -0.2) is 0 Å². The van der Waals surface area contributed by atoms with E-state index in [9.17, 15) is 4.79 Å². The van der Waals surface area contributed by atoms with Crippen LogP contribution >= 0.6 is 0 Å². The molecule has 17 heavy (non-hydrogen) atoms. The van der Waals surface area contributed by atoms with Crippen LogP contribution in [0.4, 0.5) is 0 Å². The van der Waals surface area contributed by atoms with Crippen LogP contribution in [0.1, 0.15) is 44.9 Å². The van der Waals surface area contributed by atoms with Crippen LogP contribution in [-0.4, -0.2) is 12.5 Å². The van der Waals surface area contributed by atoms with Gasteiger partial charge in [0.15, 0.2) is 0 Å². The Kier molecular flexibility index (Phi) is 3.21. The largest absolute Gasteiger partial charge is 0.356 e. The fourth-order valence-corrected chi connectivity index (χ4v) is 3.85. The molecule has 3 aliphatic rings. The predicted molar refractivity (Wildman–Crippen MR) is 68.4 cm³/mol. The van der Waals surface area contributed by atoms with Gasteiger partial charge in [-0.3, -0.25) is 4.79 Å². The van der Waals surface area contributed by atoms with Crippen LogP contribution in [-0.2, 0) is 4.79 Å². The minimum absolute atomic E-state index is 0.286. The number of allylic oxidation sites excluding steroid dienone is 2. The van der Waals surface area contributed by atoms with Gasteiger partial charge in [-0.05, 0) is 43.4 Å². The van der Waals surface area contributed by atoms with E-state index in [0.29, 0.717) is 17.7 Å². The highest BCUT2D eigenvalue weighted by atomic mass is 16.1. The molecule has 2 nitrogen and oxygen atoms in total. The van der Waals surface area contributed by atoms with Crippen LogP contribution < -0.4 is 5.32 Å². The van der Waals surface area contributed by atoms with E-state index in [4.69, 9.17) is 0 Å². The van der Waals surface area contributed by atoms with Gasteiger partial charge in [0.05, 0.1) is 0 Å². The van der Waals surface area contributed by atoms with Gasteiger partial charge < -0.3 is 5.32 Å². The van der Waals surface area contributed by atoms with Gasteiger partial charge in [0.25, 0.3) is 0 Å². The number of hydrogen-bond acceptors (Lipinski definition) is 1. The normalized spacial score (nSPS) is 36.4. The highest BCUT2D eigenvalue weighted by Crippen LogP contribution is 2.43. The van der Waals surface area contributed by atoms with Crippen molar-refractivity contribution in [3.05, 3.63) is 12.2 Å². The van der Waals surface area contributed by atoms with Crippen LogP contribution in [0.5, 0.6) is 0 Å². The van der Waals surface area contributed by atoms with Gasteiger partial charge in [0, 0.05) is 12.5 Å². The van der Waals surface area contributed by atoms with Gasteiger partial charge in [-0.2, -0.15) is 0 Å². The van der Waals surface area contributed by atoms with E-state index in [1.54, 1.807) is 0 Å². The third-order valence-electron chi connectivity index (χ3n) is 4.91. The standard InChI is InChI=1S/C15H23NO/c17-15(14-9-12-6-7-13(14)8-12)16-10-11-4-2-1-3-5-11/h6-7,11-14H,1-5,8-10H2,(H,16,17). The summed E-state index contributed by atoms with van der Waals surface area (Å²) in [6, 6.07) is 0. The minimum atomic E-state index is 0.286. The van der Waals surface area contributed by atoms with E-state index >= 15 is 0 Å². The summed E-state index contributed by atoms with van der Waals surface area (Å²) in [6.45, 7) is 0.927. The molecule has 0 aromatic rings. The Balaban J connectivity index is 1.45. The number of rotatable bonds is 3. The van der Waals surface area contributed by atoms with E-state index in [2.05, 4.69) is 17.5 Å². The Hall–Kier alpha value is -0.790. The first-order valence-electron chi connectivity index (χ1n) is 7.29. The molecule has 0 spiro atoms. The average molecular weight is 233 g/mol. The molecule has 2 heteroatoms. The first-order chi connectivity index (χ1) is 8.33. The Labute approximate surface area is 104 Å². The first-order valence-corrected chi connectivity index (χ1v) is 7.29. The van der Waals surface area contributed by atoms with Crippen molar-refractivity contribution in [1.82, 2.24) is 5.32 Å². The van der Waals surface area contributed by atoms with Gasteiger partial charge >= 0.3 is 0 Å². The molecule has 0 aromatic carbocycles. The number of carbonyl (C=O) groups excluding carboxylic acids is 1. The summed E-state index contributed by atoms with van der Waals surface area (Å²) in [4.78, 5) is 12.1. The number of hydrogen-bond donors (Lipinski definition) is 1. The quantitative estimate of drug-likeness (QED) is 0.746. The van der Waals surface area contributed by atoms with Crippen LogP contribution in [0, 0.1) is 23.7 Å². The number of amides is 1. The summed E-state index contributed by atoms with van der Waals surface area (Å²) >= 11 is 0. The van der Waals surface area contributed by atoms with Gasteiger partial charge in [0.1, 0.15) is 0 Å². The molecule has 3 rings (SSSR count). The summed E-state index contributed by atoms with van der Waals surface area (Å²) in [5, 5.41) is 3.21. The molecule has 0 aliphatic heterocycles. The monoisotopic (exact) mass is 233 g/mol. The second-order valence-electron chi connectivity index (χ2n) is 6.14. The van der Waals surface area contributed by atoms with E-state index in [1.165, 1.54) is 38.5 Å². The highest BCUT2D eigenvalue weighted by Gasteiger charge is 2.39. The van der Waals surface area contributed by atoms with Crippen molar-refractivity contribution in [3.63, 3.8) is 0 Å².